The van der Waals surface area contributed by atoms with Crippen molar-refractivity contribution in [3.05, 3.63) is 29.6 Å². The summed E-state index contributed by atoms with van der Waals surface area (Å²) >= 11 is 0. The van der Waals surface area contributed by atoms with Gasteiger partial charge in [0.2, 0.25) is 0 Å². The summed E-state index contributed by atoms with van der Waals surface area (Å²) in [5.41, 5.74) is 6.53. The van der Waals surface area contributed by atoms with Crippen molar-refractivity contribution in [2.75, 3.05) is 12.1 Å². The highest BCUT2D eigenvalue weighted by Crippen LogP contribution is 2.49. The summed E-state index contributed by atoms with van der Waals surface area (Å²) in [6.45, 7) is 2.86. The second-order valence-electron chi connectivity index (χ2n) is 6.36. The van der Waals surface area contributed by atoms with E-state index in [1.54, 1.807) is 12.1 Å². The zero-order valence-corrected chi connectivity index (χ0v) is 15.6. The van der Waals surface area contributed by atoms with Gasteiger partial charge >= 0.3 is 5.97 Å². The molecule has 2 saturated heterocycles. The summed E-state index contributed by atoms with van der Waals surface area (Å²) in [6.07, 6.45) is 2.86. The number of fused-ring (bicyclic) bond motifs is 1. The molecular formula is C15H18N3O5PS. The zero-order chi connectivity index (χ0) is 18.6. The van der Waals surface area contributed by atoms with E-state index in [1.807, 2.05) is 0 Å². The Morgan fingerprint density at radius 2 is 2.16 bits per heavy atom. The van der Waals surface area contributed by atoms with E-state index < -0.39 is 37.9 Å². The van der Waals surface area contributed by atoms with Crippen LogP contribution in [-0.4, -0.2) is 52.7 Å². The summed E-state index contributed by atoms with van der Waals surface area (Å²) in [5.74, 6) is -1.24. The first-order valence-electron chi connectivity index (χ1n) is 7.49. The van der Waals surface area contributed by atoms with Crippen LogP contribution in [0, 0.1) is 0 Å². The number of esters is 1. The van der Waals surface area contributed by atoms with Gasteiger partial charge in [0.15, 0.2) is 21.3 Å². The number of carbonyl (C=O) groups is 2. The molecule has 1 amide bonds. The van der Waals surface area contributed by atoms with Crippen LogP contribution < -0.4 is 5.73 Å². The monoisotopic (exact) mass is 383 g/mol. The number of nitrogen functional groups attached to an aromatic ring is 1. The molecule has 0 saturated carbocycles. The van der Waals surface area contributed by atoms with Crippen LogP contribution in [0.1, 0.15) is 19.5 Å². The number of amides is 1. The fourth-order valence-electron chi connectivity index (χ4n) is 3.15. The van der Waals surface area contributed by atoms with E-state index in [1.165, 1.54) is 26.1 Å². The lowest BCUT2D eigenvalue weighted by atomic mass is 9.95. The molecule has 1 aromatic heterocycles. The smallest absolute Gasteiger partial charge is 0.330 e. The SMILES string of the molecule is CC1(C)[C@H](C(=O)OCP)N2C(=O)/C(=C/c3ccc(N)cn3)[C@H]2S1(=O)=O. The number of hydrogen-bond donors (Lipinski definition) is 1. The molecule has 2 fully saturated rings. The standard InChI is InChI=1S/C15H18N3O5PS/c1-15(2)11(14(20)23-7-24)18-12(19)10(13(18)25(15,21)22)5-9-4-3-8(16)6-17-9/h3-6,11,13H,7,16,24H2,1-2H3/b10-5-/t11-,13+/m0/s1. The molecule has 0 aliphatic carbocycles. The van der Waals surface area contributed by atoms with Gasteiger partial charge in [0.25, 0.3) is 5.91 Å². The largest absolute Gasteiger partial charge is 0.460 e. The normalized spacial score (nSPS) is 27.7. The zero-order valence-electron chi connectivity index (χ0n) is 13.7. The Kier molecular flexibility index (Phi) is 4.12. The number of rotatable bonds is 3. The number of carbonyl (C=O) groups excluding carboxylic acids is 2. The predicted octanol–water partition coefficient (Wildman–Crippen LogP) is 0.167. The lowest BCUT2D eigenvalue weighted by Gasteiger charge is -2.38. The molecule has 3 heterocycles. The number of anilines is 1. The summed E-state index contributed by atoms with van der Waals surface area (Å²) in [4.78, 5) is 29.9. The van der Waals surface area contributed by atoms with Crippen LogP contribution in [0.25, 0.3) is 6.08 Å². The minimum atomic E-state index is -3.81. The molecule has 2 N–H and O–H groups in total. The quantitative estimate of drug-likeness (QED) is 0.342. The Morgan fingerprint density at radius 3 is 2.72 bits per heavy atom. The molecule has 0 bridgehead atoms. The van der Waals surface area contributed by atoms with E-state index in [0.29, 0.717) is 11.4 Å². The predicted molar refractivity (Wildman–Crippen MR) is 94.7 cm³/mol. The van der Waals surface area contributed by atoms with Gasteiger partial charge in [-0.25, -0.2) is 13.2 Å². The number of β-lactam (4-membered cyclic amide) rings is 1. The number of nitrogens with two attached hydrogens (primary N) is 1. The molecule has 8 nitrogen and oxygen atoms in total. The van der Waals surface area contributed by atoms with Crippen molar-refractivity contribution < 1.29 is 22.7 Å². The Labute approximate surface area is 147 Å². The van der Waals surface area contributed by atoms with Crippen molar-refractivity contribution in [1.29, 1.82) is 0 Å². The van der Waals surface area contributed by atoms with Gasteiger partial charge in [-0.15, -0.1) is 0 Å². The maximum absolute atomic E-state index is 12.9. The molecule has 10 heteroatoms. The van der Waals surface area contributed by atoms with Crippen LogP contribution >= 0.6 is 9.24 Å². The highest BCUT2D eigenvalue weighted by Gasteiger charge is 2.70. The second-order valence-corrected chi connectivity index (χ2v) is 9.28. The van der Waals surface area contributed by atoms with Gasteiger partial charge in [0.05, 0.1) is 23.2 Å². The number of ether oxygens (including phenoxy) is 1. The van der Waals surface area contributed by atoms with Crippen LogP contribution in [-0.2, 0) is 24.2 Å². The maximum Gasteiger partial charge on any atom is 0.330 e. The summed E-state index contributed by atoms with van der Waals surface area (Å²) in [7, 11) is -1.59. The minimum Gasteiger partial charge on any atom is -0.460 e. The van der Waals surface area contributed by atoms with Gasteiger partial charge in [-0.2, -0.15) is 0 Å². The Bertz CT molecular complexity index is 879. The number of aromatic nitrogens is 1. The molecule has 0 spiro atoms. The molecule has 25 heavy (non-hydrogen) atoms. The number of pyridine rings is 1. The fourth-order valence-corrected chi connectivity index (χ4v) is 5.43. The average molecular weight is 383 g/mol. The maximum atomic E-state index is 12.9. The van der Waals surface area contributed by atoms with Gasteiger partial charge in [-0.05, 0) is 32.1 Å². The van der Waals surface area contributed by atoms with E-state index in [9.17, 15) is 18.0 Å². The first kappa shape index (κ1) is 17.8. The molecule has 2 aliphatic heterocycles. The van der Waals surface area contributed by atoms with Crippen LogP contribution in [0.5, 0.6) is 0 Å². The molecule has 0 radical (unpaired) electrons. The van der Waals surface area contributed by atoms with Crippen molar-refractivity contribution in [2.24, 2.45) is 0 Å². The van der Waals surface area contributed by atoms with Gasteiger partial charge in [-0.3, -0.25) is 9.78 Å². The second kappa shape index (κ2) is 5.78. The van der Waals surface area contributed by atoms with E-state index >= 15 is 0 Å². The lowest BCUT2D eigenvalue weighted by molar-refractivity contribution is -0.155. The van der Waals surface area contributed by atoms with E-state index in [-0.39, 0.29) is 11.9 Å². The number of hydrogen-bond acceptors (Lipinski definition) is 7. The first-order chi connectivity index (χ1) is 11.6. The third-order valence-electron chi connectivity index (χ3n) is 4.53. The molecule has 134 valence electrons. The molecule has 0 aromatic carbocycles. The van der Waals surface area contributed by atoms with Crippen molar-refractivity contribution in [3.63, 3.8) is 0 Å². The lowest BCUT2D eigenvalue weighted by Crippen LogP contribution is -2.59. The third kappa shape index (κ3) is 2.45. The molecule has 2 aliphatic rings. The van der Waals surface area contributed by atoms with Gasteiger partial charge in [0.1, 0.15) is 11.1 Å². The molecule has 3 atom stereocenters. The minimum absolute atomic E-state index is 0.0240. The number of nitrogens with zero attached hydrogens (tertiary/aromatic N) is 2. The van der Waals surface area contributed by atoms with Crippen LogP contribution in [0.3, 0.4) is 0 Å². The molecule has 1 aromatic rings. The van der Waals surface area contributed by atoms with Gasteiger partial charge in [0, 0.05) is 0 Å². The third-order valence-corrected chi connectivity index (χ3v) is 7.45. The average Bonchev–Trinajstić information content (AvgIpc) is 2.68. The Hall–Kier alpha value is -1.99. The van der Waals surface area contributed by atoms with Crippen molar-refractivity contribution in [2.45, 2.75) is 30.0 Å². The van der Waals surface area contributed by atoms with E-state index in [0.717, 1.165) is 4.90 Å². The summed E-state index contributed by atoms with van der Waals surface area (Å²) < 4.78 is 29.3. The van der Waals surface area contributed by atoms with Crippen LogP contribution in [0.4, 0.5) is 5.69 Å². The van der Waals surface area contributed by atoms with Crippen molar-refractivity contribution in [1.82, 2.24) is 9.88 Å². The Balaban J connectivity index is 2.04. The van der Waals surface area contributed by atoms with Crippen molar-refractivity contribution in [3.8, 4) is 0 Å². The first-order valence-corrected chi connectivity index (χ1v) is 9.85. The molecule has 3 rings (SSSR count). The van der Waals surface area contributed by atoms with E-state index in [2.05, 4.69) is 14.2 Å². The fraction of sp³-hybridized carbons (Fsp3) is 0.400. The molecule has 1 unspecified atom stereocenters. The molecular weight excluding hydrogens is 365 g/mol. The summed E-state index contributed by atoms with van der Waals surface area (Å²) in [6, 6.07) is 2.02. The van der Waals surface area contributed by atoms with Crippen LogP contribution in [0.2, 0.25) is 0 Å². The number of sulfone groups is 1. The van der Waals surface area contributed by atoms with Crippen molar-refractivity contribution >= 4 is 42.7 Å². The van der Waals surface area contributed by atoms with E-state index in [4.69, 9.17) is 10.5 Å². The van der Waals surface area contributed by atoms with Crippen LogP contribution in [0.15, 0.2) is 23.9 Å². The van der Waals surface area contributed by atoms with Gasteiger partial charge in [-0.1, -0.05) is 9.24 Å². The highest BCUT2D eigenvalue weighted by atomic mass is 32.2. The Morgan fingerprint density at radius 1 is 1.48 bits per heavy atom. The van der Waals surface area contributed by atoms with Gasteiger partial charge < -0.3 is 15.4 Å². The topological polar surface area (TPSA) is 120 Å². The highest BCUT2D eigenvalue weighted by molar-refractivity contribution is 7.94. The summed E-state index contributed by atoms with van der Waals surface area (Å²) in [5, 5.41) is -1.17.